The summed E-state index contributed by atoms with van der Waals surface area (Å²) < 4.78 is 0. The molecular formula is C4H8N4O8Pb. The summed E-state index contributed by atoms with van der Waals surface area (Å²) in [5.41, 5.74) is 15.7. The minimum absolute atomic E-state index is 0. The van der Waals surface area contributed by atoms with E-state index in [0.29, 0.717) is 0 Å². The molecule has 0 fully saturated rings. The topological polar surface area (TPSA) is 265 Å². The largest absolute Gasteiger partial charge is 4.00 e. The van der Waals surface area contributed by atoms with Crippen LogP contribution in [0, 0.1) is 0 Å². The Hall–Kier alpha value is -2.00. The van der Waals surface area contributed by atoms with Gasteiger partial charge >= 0.3 is 27.3 Å². The number of carboxylic acid groups (broad SMARTS) is 4. The number of hydrogen-bond acceptors (Lipinski definition) is 8. The zero-order valence-electron chi connectivity index (χ0n) is 8.08. The predicted octanol–water partition coefficient (Wildman–Crippen LogP) is -7.23. The van der Waals surface area contributed by atoms with Gasteiger partial charge in [0, 0.05) is 0 Å². The molecule has 0 saturated carbocycles. The zero-order chi connectivity index (χ0) is 14.3. The molecule has 17 heavy (non-hydrogen) atoms. The van der Waals surface area contributed by atoms with Gasteiger partial charge in [-0.3, -0.25) is 0 Å². The van der Waals surface area contributed by atoms with Crippen molar-refractivity contribution >= 4 is 51.7 Å². The van der Waals surface area contributed by atoms with E-state index in [9.17, 15) is 0 Å². The summed E-state index contributed by atoms with van der Waals surface area (Å²) in [7, 11) is 0. The van der Waals surface area contributed by atoms with Gasteiger partial charge in [0.05, 0.1) is 0 Å². The van der Waals surface area contributed by atoms with Gasteiger partial charge in [-0.15, -0.1) is 0 Å². The van der Waals surface area contributed by atoms with Crippen LogP contribution >= 0.6 is 0 Å². The molecule has 0 atom stereocenters. The Kier molecular flexibility index (Phi) is 40.9. The van der Waals surface area contributed by atoms with Crippen LogP contribution in [0.15, 0.2) is 0 Å². The second-order valence-electron chi connectivity index (χ2n) is 1.28. The summed E-state index contributed by atoms with van der Waals surface area (Å²) in [4.78, 5) is 34.7. The number of primary amides is 4. The Morgan fingerprint density at radius 2 is 0.529 bits per heavy atom. The van der Waals surface area contributed by atoms with Gasteiger partial charge in [0.25, 0.3) is 0 Å². The Morgan fingerprint density at radius 1 is 0.529 bits per heavy atom. The van der Waals surface area contributed by atoms with Crippen LogP contribution in [0.5, 0.6) is 0 Å². The Labute approximate surface area is 114 Å². The molecular weight excluding hydrogens is 439 g/mol. The van der Waals surface area contributed by atoms with Gasteiger partial charge in [-0.05, 0) is 0 Å². The summed E-state index contributed by atoms with van der Waals surface area (Å²) in [5, 5.41) is 34.7. The van der Waals surface area contributed by atoms with E-state index >= 15 is 0 Å². The number of carbonyl (C=O) groups is 4. The molecule has 12 nitrogen and oxygen atoms in total. The number of carbonyl (C=O) groups excluding carboxylic acids is 4. The smallest absolute Gasteiger partial charge is 0.530 e. The van der Waals surface area contributed by atoms with Crippen LogP contribution in [0.2, 0.25) is 0 Å². The molecule has 4 amide bonds. The van der Waals surface area contributed by atoms with E-state index in [1.807, 2.05) is 0 Å². The minimum Gasteiger partial charge on any atom is -0.530 e. The fourth-order valence-electron chi connectivity index (χ4n) is 0. The molecule has 13 heteroatoms. The fraction of sp³-hybridized carbons (Fsp3) is 0. The van der Waals surface area contributed by atoms with E-state index in [4.69, 9.17) is 39.6 Å². The van der Waals surface area contributed by atoms with Crippen LogP contribution < -0.4 is 43.4 Å². The third kappa shape index (κ3) is 505. The molecule has 0 rings (SSSR count). The first kappa shape index (κ1) is 29.4. The second-order valence-corrected chi connectivity index (χ2v) is 1.28. The van der Waals surface area contributed by atoms with Crippen LogP contribution in [0.25, 0.3) is 0 Å². The molecule has 0 aliphatic heterocycles. The molecule has 0 spiro atoms. The van der Waals surface area contributed by atoms with Gasteiger partial charge in [0.2, 0.25) is 0 Å². The van der Waals surface area contributed by atoms with Crippen molar-refractivity contribution < 1.29 is 39.6 Å². The predicted molar refractivity (Wildman–Crippen MR) is 44.1 cm³/mol. The summed E-state index contributed by atoms with van der Waals surface area (Å²) in [5.74, 6) is 0. The van der Waals surface area contributed by atoms with Crippen molar-refractivity contribution in [2.45, 2.75) is 0 Å². The summed E-state index contributed by atoms with van der Waals surface area (Å²) in [6.07, 6.45) is -6.33. The average Bonchev–Trinajstić information content (AvgIpc) is 1.76. The maximum absolute atomic E-state index is 8.67. The third-order valence-electron chi connectivity index (χ3n) is 0. The fourth-order valence-corrected chi connectivity index (χ4v) is 0. The van der Waals surface area contributed by atoms with Crippen molar-refractivity contribution in [3.8, 4) is 0 Å². The van der Waals surface area contributed by atoms with Gasteiger partial charge in [-0.25, -0.2) is 0 Å². The molecule has 0 heterocycles. The van der Waals surface area contributed by atoms with Crippen molar-refractivity contribution in [2.75, 3.05) is 0 Å². The number of rotatable bonds is 0. The van der Waals surface area contributed by atoms with Crippen molar-refractivity contribution in [1.82, 2.24) is 0 Å². The maximum Gasteiger partial charge on any atom is 4.00 e. The third-order valence-corrected chi connectivity index (χ3v) is 0. The molecule has 0 aromatic rings. The summed E-state index contributed by atoms with van der Waals surface area (Å²) in [6.45, 7) is 0. The molecule has 0 unspecified atom stereocenters. The van der Waals surface area contributed by atoms with Crippen molar-refractivity contribution in [1.29, 1.82) is 0 Å². The Balaban J connectivity index is -0.0000000369. The molecule has 0 aliphatic carbocycles. The second kappa shape index (κ2) is 23.7. The van der Waals surface area contributed by atoms with Gasteiger partial charge in [-0.2, -0.15) is 0 Å². The van der Waals surface area contributed by atoms with E-state index < -0.39 is 24.4 Å². The SMILES string of the molecule is NC(=O)[O-].NC(=O)[O-].NC(=O)[O-].NC(=O)[O-].[Pb+4]. The summed E-state index contributed by atoms with van der Waals surface area (Å²) in [6, 6.07) is 0. The van der Waals surface area contributed by atoms with Crippen molar-refractivity contribution in [3.63, 3.8) is 0 Å². The molecule has 0 bridgehead atoms. The molecule has 0 saturated heterocycles. The van der Waals surface area contributed by atoms with Gasteiger partial charge in [-0.1, -0.05) is 0 Å². The normalized spacial score (nSPS) is 5.65. The summed E-state index contributed by atoms with van der Waals surface area (Å²) >= 11 is 0. The van der Waals surface area contributed by atoms with Crippen LogP contribution in [-0.4, -0.2) is 51.7 Å². The zero-order valence-corrected chi connectivity index (χ0v) is 12.0. The van der Waals surface area contributed by atoms with Gasteiger partial charge in [0.1, 0.15) is 24.4 Å². The van der Waals surface area contributed by atoms with E-state index in [1.165, 1.54) is 0 Å². The molecule has 0 aliphatic rings. The van der Waals surface area contributed by atoms with E-state index in [0.717, 1.165) is 0 Å². The van der Waals surface area contributed by atoms with Crippen LogP contribution in [0.3, 0.4) is 0 Å². The first-order valence-electron chi connectivity index (χ1n) is 2.79. The first-order valence-corrected chi connectivity index (χ1v) is 2.79. The maximum atomic E-state index is 8.67. The Morgan fingerprint density at radius 3 is 0.529 bits per heavy atom. The number of hydrogen-bond donors (Lipinski definition) is 4. The molecule has 0 radical (unpaired) electrons. The average molecular weight is 447 g/mol. The van der Waals surface area contributed by atoms with Gasteiger partial charge < -0.3 is 62.5 Å². The number of amides is 4. The van der Waals surface area contributed by atoms with E-state index in [-0.39, 0.29) is 27.3 Å². The van der Waals surface area contributed by atoms with Crippen molar-refractivity contribution in [2.24, 2.45) is 22.9 Å². The van der Waals surface area contributed by atoms with E-state index in [2.05, 4.69) is 22.9 Å². The monoisotopic (exact) mass is 448 g/mol. The van der Waals surface area contributed by atoms with Gasteiger partial charge in [0.15, 0.2) is 0 Å². The number of nitrogens with two attached hydrogens (primary N) is 4. The first-order chi connectivity index (χ1) is 6.93. The van der Waals surface area contributed by atoms with Crippen molar-refractivity contribution in [3.05, 3.63) is 0 Å². The molecule has 0 aromatic heterocycles. The molecule has 96 valence electrons. The minimum atomic E-state index is -1.58. The standard InChI is InChI=1S/4CH3NO2.Pb/c4*2-1(3)4;/h4*2H2,(H,3,4);/q;;;;+4/p-4. The van der Waals surface area contributed by atoms with Crippen LogP contribution in [0.4, 0.5) is 19.2 Å². The van der Waals surface area contributed by atoms with E-state index in [1.54, 1.807) is 0 Å². The van der Waals surface area contributed by atoms with Crippen LogP contribution in [0.1, 0.15) is 0 Å². The quantitative estimate of drug-likeness (QED) is 0.258. The Bertz CT molecular complexity index is 170. The molecule has 0 aromatic carbocycles. The molecule has 8 N–H and O–H groups in total. The van der Waals surface area contributed by atoms with Crippen LogP contribution in [-0.2, 0) is 0 Å².